The van der Waals surface area contributed by atoms with Crippen LogP contribution in [0, 0.1) is 0 Å². The van der Waals surface area contributed by atoms with Gasteiger partial charge in [0.2, 0.25) is 5.95 Å². The average molecular weight is 396 g/mol. The fourth-order valence-electron chi connectivity index (χ4n) is 2.95. The van der Waals surface area contributed by atoms with Gasteiger partial charge in [-0.2, -0.15) is 5.10 Å². The molecule has 2 N–H and O–H groups in total. The van der Waals surface area contributed by atoms with Crippen LogP contribution in [0.5, 0.6) is 11.5 Å². The first-order valence-corrected chi connectivity index (χ1v) is 9.21. The van der Waals surface area contributed by atoms with Gasteiger partial charge < -0.3 is 14.6 Å². The van der Waals surface area contributed by atoms with Gasteiger partial charge in [0, 0.05) is 25.8 Å². The maximum absolute atomic E-state index is 12.9. The molecule has 8 heteroatoms. The molecule has 0 bridgehead atoms. The number of benzene rings is 2. The Bertz CT molecular complexity index is 1090. The summed E-state index contributed by atoms with van der Waals surface area (Å²) in [5.41, 5.74) is 4.36. The van der Waals surface area contributed by atoms with Gasteiger partial charge in [0.15, 0.2) is 0 Å². The zero-order valence-electron chi connectivity index (χ0n) is 16.7. The molecule has 29 heavy (non-hydrogen) atoms. The van der Waals surface area contributed by atoms with Crippen molar-refractivity contribution in [1.29, 1.82) is 0 Å². The fraction of sp³-hybridized carbons (Fsp3) is 0.286. The maximum Gasteiger partial charge on any atom is 0.262 e. The lowest BCUT2D eigenvalue weighted by molar-refractivity contribution is 0.190. The number of anilines is 1. The van der Waals surface area contributed by atoms with E-state index in [1.807, 2.05) is 12.1 Å². The maximum atomic E-state index is 12.9. The van der Waals surface area contributed by atoms with Gasteiger partial charge in [0.05, 0.1) is 23.7 Å². The third-order valence-electron chi connectivity index (χ3n) is 4.51. The smallest absolute Gasteiger partial charge is 0.262 e. The molecule has 152 valence electrons. The zero-order valence-corrected chi connectivity index (χ0v) is 16.7. The van der Waals surface area contributed by atoms with E-state index in [0.29, 0.717) is 53.4 Å². The minimum Gasteiger partial charge on any atom is -0.507 e. The molecule has 2 aromatic carbocycles. The highest BCUT2D eigenvalue weighted by molar-refractivity contribution is 6.01. The Hall–Kier alpha value is -3.39. The number of fused-ring (bicyclic) bond motifs is 1. The first-order valence-electron chi connectivity index (χ1n) is 9.21. The normalized spacial score (nSPS) is 11.6. The van der Waals surface area contributed by atoms with E-state index in [2.05, 4.69) is 15.5 Å². The minimum atomic E-state index is -0.147. The molecular weight excluding hydrogens is 372 g/mol. The molecule has 0 amide bonds. The third-order valence-corrected chi connectivity index (χ3v) is 4.51. The number of ether oxygens (including phenoxy) is 2. The van der Waals surface area contributed by atoms with Crippen LogP contribution in [0.3, 0.4) is 0 Å². The number of rotatable bonds is 8. The standard InChI is InChI=1S/C21H24N4O4/c1-14(17-13-15(29-3)9-10-19(17)26)23-24-21-22-18-8-5-4-7-16(18)20(27)25(21)11-6-12-28-2/h4-5,7-10,13,26H,6,11-12H2,1-3H3,(H,22,24)/b23-14+. The van der Waals surface area contributed by atoms with Crippen LogP contribution in [0.25, 0.3) is 10.9 Å². The van der Waals surface area contributed by atoms with E-state index in [4.69, 9.17) is 9.47 Å². The van der Waals surface area contributed by atoms with Crippen molar-refractivity contribution in [2.24, 2.45) is 5.10 Å². The molecule has 0 saturated heterocycles. The number of hydrazone groups is 1. The Morgan fingerprint density at radius 3 is 2.79 bits per heavy atom. The molecule has 0 fully saturated rings. The largest absolute Gasteiger partial charge is 0.507 e. The fourth-order valence-corrected chi connectivity index (χ4v) is 2.95. The van der Waals surface area contributed by atoms with E-state index in [-0.39, 0.29) is 11.3 Å². The van der Waals surface area contributed by atoms with Crippen molar-refractivity contribution in [2.45, 2.75) is 19.9 Å². The van der Waals surface area contributed by atoms with Crippen LogP contribution < -0.4 is 15.7 Å². The van der Waals surface area contributed by atoms with Crippen LogP contribution in [0.4, 0.5) is 5.95 Å². The highest BCUT2D eigenvalue weighted by Crippen LogP contribution is 2.23. The summed E-state index contributed by atoms with van der Waals surface area (Å²) in [4.78, 5) is 17.5. The Morgan fingerprint density at radius 2 is 2.03 bits per heavy atom. The van der Waals surface area contributed by atoms with Gasteiger partial charge in [0.1, 0.15) is 11.5 Å². The van der Waals surface area contributed by atoms with Crippen molar-refractivity contribution in [3.05, 3.63) is 58.4 Å². The summed E-state index contributed by atoms with van der Waals surface area (Å²) in [6.07, 6.45) is 0.657. The first-order chi connectivity index (χ1) is 14.0. The number of phenolic OH excluding ortho intramolecular Hbond substituents is 1. The van der Waals surface area contributed by atoms with Crippen LogP contribution in [-0.4, -0.2) is 41.2 Å². The molecule has 0 aliphatic heterocycles. The topological polar surface area (TPSA) is 98.0 Å². The molecule has 0 radical (unpaired) electrons. The van der Waals surface area contributed by atoms with Gasteiger partial charge in [0.25, 0.3) is 5.56 Å². The predicted octanol–water partition coefficient (Wildman–Crippen LogP) is 2.98. The number of hydrogen-bond donors (Lipinski definition) is 2. The molecule has 0 saturated carbocycles. The van der Waals surface area contributed by atoms with Crippen LogP contribution in [0.2, 0.25) is 0 Å². The summed E-state index contributed by atoms with van der Waals surface area (Å²) in [5, 5.41) is 15.0. The van der Waals surface area contributed by atoms with Crippen molar-refractivity contribution in [3.63, 3.8) is 0 Å². The minimum absolute atomic E-state index is 0.0813. The molecule has 0 aliphatic carbocycles. The number of para-hydroxylation sites is 1. The summed E-state index contributed by atoms with van der Waals surface area (Å²) in [6, 6.07) is 12.1. The number of aromatic hydroxyl groups is 1. The Morgan fingerprint density at radius 1 is 1.24 bits per heavy atom. The lowest BCUT2D eigenvalue weighted by Crippen LogP contribution is -2.25. The van der Waals surface area contributed by atoms with Gasteiger partial charge >= 0.3 is 0 Å². The van der Waals surface area contributed by atoms with Gasteiger partial charge in [-0.15, -0.1) is 0 Å². The van der Waals surface area contributed by atoms with Gasteiger partial charge in [-0.25, -0.2) is 10.4 Å². The summed E-state index contributed by atoms with van der Waals surface area (Å²) in [6.45, 7) is 2.71. The molecule has 0 spiro atoms. The second kappa shape index (κ2) is 9.20. The summed E-state index contributed by atoms with van der Waals surface area (Å²) >= 11 is 0. The van der Waals surface area contributed by atoms with E-state index < -0.39 is 0 Å². The quantitative estimate of drug-likeness (QED) is 0.345. The lowest BCUT2D eigenvalue weighted by atomic mass is 10.1. The monoisotopic (exact) mass is 396 g/mol. The molecule has 3 aromatic rings. The van der Waals surface area contributed by atoms with E-state index in [9.17, 15) is 9.90 Å². The van der Waals surface area contributed by atoms with Gasteiger partial charge in [-0.05, 0) is 43.7 Å². The van der Waals surface area contributed by atoms with E-state index in [0.717, 1.165) is 0 Å². The third kappa shape index (κ3) is 4.55. The summed E-state index contributed by atoms with van der Waals surface area (Å²) in [5.74, 6) is 1.01. The SMILES string of the molecule is COCCCn1c(N/N=C(\C)c2cc(OC)ccc2O)nc2ccccc2c1=O. The van der Waals surface area contributed by atoms with E-state index in [1.165, 1.54) is 0 Å². The summed E-state index contributed by atoms with van der Waals surface area (Å²) < 4.78 is 11.8. The van der Waals surface area contributed by atoms with Crippen molar-refractivity contribution in [1.82, 2.24) is 9.55 Å². The highest BCUT2D eigenvalue weighted by Gasteiger charge is 2.12. The van der Waals surface area contributed by atoms with E-state index >= 15 is 0 Å². The van der Waals surface area contributed by atoms with Gasteiger partial charge in [-0.3, -0.25) is 9.36 Å². The highest BCUT2D eigenvalue weighted by atomic mass is 16.5. The molecule has 8 nitrogen and oxygen atoms in total. The molecule has 0 aliphatic rings. The number of aromatic nitrogens is 2. The molecule has 3 rings (SSSR count). The second-order valence-corrected chi connectivity index (χ2v) is 6.45. The Kier molecular flexibility index (Phi) is 6.46. The summed E-state index contributed by atoms with van der Waals surface area (Å²) in [7, 11) is 3.17. The van der Waals surface area contributed by atoms with Gasteiger partial charge in [-0.1, -0.05) is 12.1 Å². The number of phenols is 1. The molecule has 0 atom stereocenters. The first kappa shape index (κ1) is 20.3. The zero-order chi connectivity index (χ0) is 20.8. The van der Waals surface area contributed by atoms with Crippen LogP contribution in [0.1, 0.15) is 18.9 Å². The van der Waals surface area contributed by atoms with Crippen LogP contribution in [0.15, 0.2) is 52.4 Å². The number of nitrogens with one attached hydrogen (secondary N) is 1. The number of methoxy groups -OCH3 is 2. The number of hydrogen-bond acceptors (Lipinski definition) is 7. The van der Waals surface area contributed by atoms with Crippen LogP contribution in [-0.2, 0) is 11.3 Å². The molecule has 1 aromatic heterocycles. The van der Waals surface area contributed by atoms with Crippen molar-refractivity contribution in [2.75, 3.05) is 26.3 Å². The molecule has 0 unspecified atom stereocenters. The lowest BCUT2D eigenvalue weighted by Gasteiger charge is -2.13. The predicted molar refractivity (Wildman–Crippen MR) is 113 cm³/mol. The van der Waals surface area contributed by atoms with Crippen molar-refractivity contribution < 1.29 is 14.6 Å². The second-order valence-electron chi connectivity index (χ2n) is 6.45. The molecular formula is C21H24N4O4. The van der Waals surface area contributed by atoms with E-state index in [1.54, 1.807) is 56.0 Å². The van der Waals surface area contributed by atoms with Crippen molar-refractivity contribution in [3.8, 4) is 11.5 Å². The van der Waals surface area contributed by atoms with Crippen LogP contribution >= 0.6 is 0 Å². The molecule has 1 heterocycles. The van der Waals surface area contributed by atoms with Crippen molar-refractivity contribution >= 4 is 22.6 Å². The Balaban J connectivity index is 1.99. The average Bonchev–Trinajstić information content (AvgIpc) is 2.74. The number of nitrogens with zero attached hydrogens (tertiary/aromatic N) is 3. The Labute approximate surface area is 168 Å².